The summed E-state index contributed by atoms with van der Waals surface area (Å²) in [5, 5.41) is 0. The third-order valence-electron chi connectivity index (χ3n) is 5.81. The topological polar surface area (TPSA) is 3.24 Å². The van der Waals surface area contributed by atoms with Crippen LogP contribution in [0.2, 0.25) is 0 Å². The molecule has 0 atom stereocenters. The largest absolute Gasteiger partial charge is 0.286 e. The predicted molar refractivity (Wildman–Crippen MR) is 83.9 cm³/mol. The summed E-state index contributed by atoms with van der Waals surface area (Å²) in [5.74, 6) is 0.863. The summed E-state index contributed by atoms with van der Waals surface area (Å²) in [4.78, 5) is 2.88. The lowest BCUT2D eigenvalue weighted by Crippen LogP contribution is -2.50. The van der Waals surface area contributed by atoms with Gasteiger partial charge in [0.05, 0.1) is 0 Å². The smallest absolute Gasteiger partial charge is 0.0472 e. The van der Waals surface area contributed by atoms with E-state index in [0.717, 1.165) is 12.0 Å². The highest BCUT2D eigenvalue weighted by Gasteiger charge is 2.56. The van der Waals surface area contributed by atoms with Crippen LogP contribution < -0.4 is 0 Å². The summed E-state index contributed by atoms with van der Waals surface area (Å²) in [7, 11) is 0. The molecule has 1 nitrogen and oxygen atoms in total. The Morgan fingerprint density at radius 3 is 2.25 bits per heavy atom. The number of benzene rings is 1. The zero-order valence-corrected chi connectivity index (χ0v) is 13.2. The molecule has 3 fully saturated rings. The first-order valence-corrected chi connectivity index (χ1v) is 8.41. The fourth-order valence-electron chi connectivity index (χ4n) is 5.19. The molecule has 0 unspecified atom stereocenters. The molecular formula is C19H27N. The van der Waals surface area contributed by atoms with Crippen molar-refractivity contribution in [3.8, 4) is 0 Å². The maximum absolute atomic E-state index is 2.88. The van der Waals surface area contributed by atoms with Crippen molar-refractivity contribution in [2.24, 2.45) is 0 Å². The minimum absolute atomic E-state index is 0.286. The van der Waals surface area contributed by atoms with Crippen LogP contribution in [0.4, 0.5) is 0 Å². The summed E-state index contributed by atoms with van der Waals surface area (Å²) in [6, 6.07) is 10.2. The molecule has 2 aliphatic heterocycles. The van der Waals surface area contributed by atoms with E-state index in [4.69, 9.17) is 0 Å². The highest BCUT2D eigenvalue weighted by atomic mass is 15.3. The molecule has 0 spiro atoms. The fourth-order valence-corrected chi connectivity index (χ4v) is 5.19. The molecule has 108 valence electrons. The molecule has 1 heteroatoms. The normalized spacial score (nSPS) is 33.9. The molecule has 1 aliphatic carbocycles. The van der Waals surface area contributed by atoms with Crippen molar-refractivity contribution in [1.82, 2.24) is 4.90 Å². The maximum atomic E-state index is 2.88. The van der Waals surface area contributed by atoms with Gasteiger partial charge in [0.15, 0.2) is 0 Å². The van der Waals surface area contributed by atoms with Crippen LogP contribution in [0.15, 0.2) is 24.3 Å². The van der Waals surface area contributed by atoms with Crippen molar-refractivity contribution < 1.29 is 0 Å². The van der Waals surface area contributed by atoms with Crippen LogP contribution in [0, 0.1) is 0 Å². The van der Waals surface area contributed by atoms with Crippen LogP contribution in [-0.4, -0.2) is 16.5 Å². The van der Waals surface area contributed by atoms with Gasteiger partial charge >= 0.3 is 0 Å². The van der Waals surface area contributed by atoms with Crippen molar-refractivity contribution >= 4 is 0 Å². The van der Waals surface area contributed by atoms with Crippen LogP contribution in [0.1, 0.15) is 76.3 Å². The highest BCUT2D eigenvalue weighted by molar-refractivity contribution is 5.41. The average molecular weight is 269 g/mol. The number of hydrogen-bond donors (Lipinski definition) is 0. The first-order valence-electron chi connectivity index (χ1n) is 8.41. The predicted octanol–water partition coefficient (Wildman–Crippen LogP) is 4.82. The average Bonchev–Trinajstić information content (AvgIpc) is 3.10. The van der Waals surface area contributed by atoms with Gasteiger partial charge in [0, 0.05) is 17.1 Å². The number of nitrogens with zero attached hydrogens (tertiary/aromatic N) is 1. The van der Waals surface area contributed by atoms with E-state index in [2.05, 4.69) is 49.9 Å². The number of fused-ring (bicyclic) bond motifs is 2. The molecule has 0 aromatic heterocycles. The standard InChI is InChI=1S/C19H27N/c1-18(2,3)20-15-10-12-19(20,13-11-15)17-7-5-4-6-16(17)14-8-9-14/h4-7,14-15H,8-13H2,1-3H3. The fraction of sp³-hybridized carbons (Fsp3) is 0.684. The first-order chi connectivity index (χ1) is 9.52. The lowest BCUT2D eigenvalue weighted by molar-refractivity contribution is 0.0487. The molecule has 0 radical (unpaired) electrons. The number of rotatable bonds is 2. The van der Waals surface area contributed by atoms with Gasteiger partial charge in [0.1, 0.15) is 0 Å². The molecule has 0 amide bonds. The van der Waals surface area contributed by atoms with E-state index in [1.165, 1.54) is 38.5 Å². The Bertz CT molecular complexity index is 513. The second-order valence-corrected chi connectivity index (χ2v) is 8.17. The Hall–Kier alpha value is -0.820. The molecule has 1 aromatic carbocycles. The molecule has 4 rings (SSSR count). The summed E-state index contributed by atoms with van der Waals surface area (Å²) in [6.07, 6.45) is 8.36. The molecule has 2 bridgehead atoms. The Morgan fingerprint density at radius 2 is 1.65 bits per heavy atom. The second kappa shape index (κ2) is 4.10. The van der Waals surface area contributed by atoms with Gasteiger partial charge in [-0.2, -0.15) is 0 Å². The van der Waals surface area contributed by atoms with E-state index < -0.39 is 0 Å². The van der Waals surface area contributed by atoms with E-state index in [1.807, 2.05) is 0 Å². The van der Waals surface area contributed by atoms with Gasteiger partial charge in [-0.25, -0.2) is 0 Å². The van der Waals surface area contributed by atoms with E-state index in [0.29, 0.717) is 5.54 Å². The molecule has 3 aliphatic rings. The molecule has 1 aromatic rings. The monoisotopic (exact) mass is 269 g/mol. The Kier molecular flexibility index (Phi) is 2.64. The zero-order valence-electron chi connectivity index (χ0n) is 13.2. The molecule has 2 heterocycles. The van der Waals surface area contributed by atoms with E-state index in [9.17, 15) is 0 Å². The van der Waals surface area contributed by atoms with Crippen LogP contribution in [0.5, 0.6) is 0 Å². The maximum Gasteiger partial charge on any atom is 0.0472 e. The third kappa shape index (κ3) is 1.72. The number of hydrogen-bond acceptors (Lipinski definition) is 1. The van der Waals surface area contributed by atoms with Gasteiger partial charge in [0.25, 0.3) is 0 Å². The van der Waals surface area contributed by atoms with E-state index >= 15 is 0 Å². The second-order valence-electron chi connectivity index (χ2n) is 8.17. The molecular weight excluding hydrogens is 242 g/mol. The van der Waals surface area contributed by atoms with Crippen LogP contribution >= 0.6 is 0 Å². The van der Waals surface area contributed by atoms with Gasteiger partial charge < -0.3 is 0 Å². The lowest BCUT2D eigenvalue weighted by Gasteiger charge is -2.45. The van der Waals surface area contributed by atoms with Crippen molar-refractivity contribution in [2.45, 2.75) is 82.3 Å². The summed E-state index contributed by atoms with van der Waals surface area (Å²) in [5.41, 5.74) is 3.98. The molecule has 1 saturated carbocycles. The van der Waals surface area contributed by atoms with Gasteiger partial charge in [0.2, 0.25) is 0 Å². The summed E-state index contributed by atoms with van der Waals surface area (Å²) in [6.45, 7) is 7.22. The van der Waals surface area contributed by atoms with Crippen LogP contribution in [0.25, 0.3) is 0 Å². The Labute approximate surface area is 123 Å². The van der Waals surface area contributed by atoms with Gasteiger partial charge in [-0.1, -0.05) is 24.3 Å². The van der Waals surface area contributed by atoms with E-state index in [1.54, 1.807) is 11.1 Å². The van der Waals surface area contributed by atoms with Gasteiger partial charge in [-0.3, -0.25) is 4.90 Å². The minimum atomic E-state index is 0.286. The molecule has 0 N–H and O–H groups in total. The van der Waals surface area contributed by atoms with Crippen molar-refractivity contribution in [3.63, 3.8) is 0 Å². The Morgan fingerprint density at radius 1 is 1.00 bits per heavy atom. The first kappa shape index (κ1) is 12.9. The lowest BCUT2D eigenvalue weighted by atomic mass is 9.78. The molecule has 20 heavy (non-hydrogen) atoms. The van der Waals surface area contributed by atoms with Crippen molar-refractivity contribution in [2.75, 3.05) is 0 Å². The molecule has 2 saturated heterocycles. The SMILES string of the molecule is CC(C)(C)N1C2CCC1(c1ccccc1C1CC1)CC2. The van der Waals surface area contributed by atoms with Crippen molar-refractivity contribution in [3.05, 3.63) is 35.4 Å². The summed E-state index contributed by atoms with van der Waals surface area (Å²) >= 11 is 0. The summed E-state index contributed by atoms with van der Waals surface area (Å²) < 4.78 is 0. The van der Waals surface area contributed by atoms with Gasteiger partial charge in [-0.15, -0.1) is 0 Å². The van der Waals surface area contributed by atoms with E-state index in [-0.39, 0.29) is 5.54 Å². The van der Waals surface area contributed by atoms with Gasteiger partial charge in [-0.05, 0) is 76.3 Å². The minimum Gasteiger partial charge on any atom is -0.286 e. The van der Waals surface area contributed by atoms with Crippen LogP contribution in [0.3, 0.4) is 0 Å². The zero-order chi connectivity index (χ0) is 14.0. The van der Waals surface area contributed by atoms with Crippen molar-refractivity contribution in [1.29, 1.82) is 0 Å². The highest BCUT2D eigenvalue weighted by Crippen LogP contribution is 2.58. The van der Waals surface area contributed by atoms with Crippen LogP contribution in [-0.2, 0) is 5.54 Å². The quantitative estimate of drug-likeness (QED) is 0.744. The Balaban J connectivity index is 1.84. The third-order valence-corrected chi connectivity index (χ3v) is 5.81.